The molecule has 3 rings (SSSR count). The van der Waals surface area contributed by atoms with Gasteiger partial charge in [-0.05, 0) is 38.2 Å². The first-order valence-corrected chi connectivity index (χ1v) is 6.27. The highest BCUT2D eigenvalue weighted by molar-refractivity contribution is 5.14. The Kier molecular flexibility index (Phi) is 2.44. The van der Waals surface area contributed by atoms with Gasteiger partial charge < -0.3 is 4.74 Å². The molecule has 1 aromatic rings. The average molecular weight is 231 g/mol. The molecule has 3 heterocycles. The number of aromatic nitrogens is 2. The van der Waals surface area contributed by atoms with Crippen molar-refractivity contribution in [2.75, 3.05) is 0 Å². The molecule has 4 nitrogen and oxygen atoms in total. The molecular weight excluding hydrogens is 214 g/mol. The van der Waals surface area contributed by atoms with Crippen LogP contribution in [-0.2, 0) is 18.2 Å². The maximum absolute atomic E-state index is 9.48. The maximum atomic E-state index is 9.48. The quantitative estimate of drug-likeness (QED) is 0.797. The highest BCUT2D eigenvalue weighted by atomic mass is 16.5. The van der Waals surface area contributed by atoms with Gasteiger partial charge in [0.1, 0.15) is 0 Å². The Balaban J connectivity index is 1.72. The van der Waals surface area contributed by atoms with E-state index in [2.05, 4.69) is 11.2 Å². The van der Waals surface area contributed by atoms with Gasteiger partial charge in [0.2, 0.25) is 0 Å². The Bertz CT molecular complexity index is 461. The number of fused-ring (bicyclic) bond motifs is 2. The van der Waals surface area contributed by atoms with Crippen LogP contribution in [0.3, 0.4) is 0 Å². The van der Waals surface area contributed by atoms with E-state index in [0.717, 1.165) is 32.1 Å². The minimum atomic E-state index is -0.243. The molecule has 0 aliphatic carbocycles. The normalized spacial score (nSPS) is 35.1. The highest BCUT2D eigenvalue weighted by Crippen LogP contribution is 2.49. The van der Waals surface area contributed by atoms with Crippen LogP contribution < -0.4 is 0 Å². The van der Waals surface area contributed by atoms with Crippen LogP contribution in [0, 0.1) is 16.7 Å². The summed E-state index contributed by atoms with van der Waals surface area (Å²) in [5.41, 5.74) is 0.954. The molecule has 2 bridgehead atoms. The molecular formula is C13H17N3O. The highest BCUT2D eigenvalue weighted by Gasteiger charge is 2.52. The summed E-state index contributed by atoms with van der Waals surface area (Å²) in [6, 6.07) is 4.56. The number of hydrogen-bond acceptors (Lipinski definition) is 3. The molecule has 2 aliphatic rings. The smallest absolute Gasteiger partial charge is 0.0863 e. The first kappa shape index (κ1) is 10.8. The SMILES string of the molecule is Cn1nccc1CCC1(C#N)CC2CCC1O2. The fourth-order valence-electron chi connectivity index (χ4n) is 3.23. The molecule has 90 valence electrons. The van der Waals surface area contributed by atoms with Crippen molar-refractivity contribution >= 4 is 0 Å². The van der Waals surface area contributed by atoms with Gasteiger partial charge >= 0.3 is 0 Å². The first-order valence-electron chi connectivity index (χ1n) is 6.27. The predicted octanol–water partition coefficient (Wildman–Crippen LogP) is 1.81. The van der Waals surface area contributed by atoms with Crippen molar-refractivity contribution in [1.82, 2.24) is 9.78 Å². The van der Waals surface area contributed by atoms with Gasteiger partial charge in [0.15, 0.2) is 0 Å². The molecule has 0 N–H and O–H groups in total. The van der Waals surface area contributed by atoms with E-state index in [1.807, 2.05) is 24.0 Å². The van der Waals surface area contributed by atoms with Gasteiger partial charge in [-0.1, -0.05) is 0 Å². The zero-order chi connectivity index (χ0) is 11.9. The summed E-state index contributed by atoms with van der Waals surface area (Å²) in [4.78, 5) is 0. The number of rotatable bonds is 3. The van der Waals surface area contributed by atoms with Gasteiger partial charge in [0, 0.05) is 18.9 Å². The Hall–Kier alpha value is -1.34. The fraction of sp³-hybridized carbons (Fsp3) is 0.692. The Labute approximate surface area is 101 Å². The lowest BCUT2D eigenvalue weighted by atomic mass is 9.72. The third kappa shape index (κ3) is 1.66. The molecule has 2 saturated heterocycles. The maximum Gasteiger partial charge on any atom is 0.0863 e. The van der Waals surface area contributed by atoms with Crippen molar-refractivity contribution < 1.29 is 4.74 Å². The Morgan fingerprint density at radius 3 is 3.06 bits per heavy atom. The van der Waals surface area contributed by atoms with E-state index in [-0.39, 0.29) is 11.5 Å². The molecule has 0 aromatic carbocycles. The van der Waals surface area contributed by atoms with Crippen LogP contribution in [-0.4, -0.2) is 22.0 Å². The summed E-state index contributed by atoms with van der Waals surface area (Å²) in [6.07, 6.45) is 7.25. The third-order valence-electron chi connectivity index (χ3n) is 4.29. The second-order valence-electron chi connectivity index (χ2n) is 5.24. The predicted molar refractivity (Wildman–Crippen MR) is 62.1 cm³/mol. The van der Waals surface area contributed by atoms with Gasteiger partial charge in [-0.25, -0.2) is 0 Å². The van der Waals surface area contributed by atoms with E-state index in [4.69, 9.17) is 4.74 Å². The van der Waals surface area contributed by atoms with Crippen LogP contribution in [0.15, 0.2) is 12.3 Å². The molecule has 2 aliphatic heterocycles. The lowest BCUT2D eigenvalue weighted by molar-refractivity contribution is 0.0763. The summed E-state index contributed by atoms with van der Waals surface area (Å²) in [5, 5.41) is 13.6. The van der Waals surface area contributed by atoms with Crippen molar-refractivity contribution in [1.29, 1.82) is 5.26 Å². The van der Waals surface area contributed by atoms with Crippen molar-refractivity contribution in [2.24, 2.45) is 12.5 Å². The van der Waals surface area contributed by atoms with Gasteiger partial charge in [0.25, 0.3) is 0 Å². The van der Waals surface area contributed by atoms with E-state index in [9.17, 15) is 5.26 Å². The molecule has 17 heavy (non-hydrogen) atoms. The minimum absolute atomic E-state index is 0.172. The molecule has 0 saturated carbocycles. The van der Waals surface area contributed by atoms with E-state index >= 15 is 0 Å². The van der Waals surface area contributed by atoms with Crippen LogP contribution in [0.1, 0.15) is 31.4 Å². The number of hydrogen-bond donors (Lipinski definition) is 0. The Morgan fingerprint density at radius 2 is 2.53 bits per heavy atom. The molecule has 2 fully saturated rings. The van der Waals surface area contributed by atoms with Gasteiger partial charge in [-0.15, -0.1) is 0 Å². The van der Waals surface area contributed by atoms with Gasteiger partial charge in [-0.3, -0.25) is 4.68 Å². The fourth-order valence-corrected chi connectivity index (χ4v) is 3.23. The van der Waals surface area contributed by atoms with Crippen molar-refractivity contribution in [2.45, 2.75) is 44.3 Å². The summed E-state index contributed by atoms with van der Waals surface area (Å²) >= 11 is 0. The van der Waals surface area contributed by atoms with Gasteiger partial charge in [-0.2, -0.15) is 10.4 Å². The largest absolute Gasteiger partial charge is 0.373 e. The van der Waals surface area contributed by atoms with E-state index < -0.39 is 0 Å². The van der Waals surface area contributed by atoms with Crippen molar-refractivity contribution in [3.8, 4) is 6.07 Å². The minimum Gasteiger partial charge on any atom is -0.373 e. The summed E-state index contributed by atoms with van der Waals surface area (Å²) in [7, 11) is 1.95. The van der Waals surface area contributed by atoms with Crippen LogP contribution in [0.25, 0.3) is 0 Å². The van der Waals surface area contributed by atoms with E-state index in [1.54, 1.807) is 0 Å². The summed E-state index contributed by atoms with van der Waals surface area (Å²) in [6.45, 7) is 0. The van der Waals surface area contributed by atoms with E-state index in [0.29, 0.717) is 6.10 Å². The first-order chi connectivity index (χ1) is 8.23. The third-order valence-corrected chi connectivity index (χ3v) is 4.29. The molecule has 0 radical (unpaired) electrons. The van der Waals surface area contributed by atoms with Crippen molar-refractivity contribution in [3.63, 3.8) is 0 Å². The lowest BCUT2D eigenvalue weighted by Crippen LogP contribution is -2.31. The number of ether oxygens (including phenoxy) is 1. The Morgan fingerprint density at radius 1 is 1.65 bits per heavy atom. The summed E-state index contributed by atoms with van der Waals surface area (Å²) < 4.78 is 7.72. The monoisotopic (exact) mass is 231 g/mol. The summed E-state index contributed by atoms with van der Waals surface area (Å²) in [5.74, 6) is 0. The second kappa shape index (κ2) is 3.85. The molecule has 3 unspecified atom stereocenters. The van der Waals surface area contributed by atoms with Crippen LogP contribution >= 0.6 is 0 Å². The van der Waals surface area contributed by atoms with E-state index in [1.165, 1.54) is 5.69 Å². The molecule has 4 heteroatoms. The molecule has 0 spiro atoms. The molecule has 0 amide bonds. The van der Waals surface area contributed by atoms with Crippen LogP contribution in [0.5, 0.6) is 0 Å². The van der Waals surface area contributed by atoms with Crippen LogP contribution in [0.2, 0.25) is 0 Å². The topological polar surface area (TPSA) is 50.8 Å². The van der Waals surface area contributed by atoms with Crippen molar-refractivity contribution in [3.05, 3.63) is 18.0 Å². The second-order valence-corrected chi connectivity index (χ2v) is 5.24. The zero-order valence-electron chi connectivity index (χ0n) is 10.1. The molecule has 3 atom stereocenters. The van der Waals surface area contributed by atoms with Crippen LogP contribution in [0.4, 0.5) is 0 Å². The number of nitrogens with zero attached hydrogens (tertiary/aromatic N) is 3. The van der Waals surface area contributed by atoms with Gasteiger partial charge in [0.05, 0.1) is 23.7 Å². The molecule has 1 aromatic heterocycles. The number of aryl methyl sites for hydroxylation is 2. The standard InChI is InChI=1S/C13H17N3O/c1-16-10(5-7-15-16)4-6-13(9-14)8-11-2-3-12(13)17-11/h5,7,11-12H,2-4,6,8H2,1H3. The zero-order valence-corrected chi connectivity index (χ0v) is 10.1. The lowest BCUT2D eigenvalue weighted by Gasteiger charge is -2.27. The average Bonchev–Trinajstić information content (AvgIpc) is 3.02. The number of nitriles is 1.